The summed E-state index contributed by atoms with van der Waals surface area (Å²) in [6, 6.07) is 14.7. The molecular weight excluding hydrogens is 546 g/mol. The molecule has 1 N–H and O–H groups in total. The molecule has 0 spiro atoms. The molecule has 0 fully saturated rings. The van der Waals surface area contributed by atoms with Crippen molar-refractivity contribution in [2.75, 3.05) is 12.9 Å². The van der Waals surface area contributed by atoms with Crippen LogP contribution in [0.25, 0.3) is 5.69 Å². The number of aliphatic hydroxyl groups excluding tert-OH is 1. The number of ether oxygens (including phenoxy) is 1. The monoisotopic (exact) mass is 574 g/mol. The van der Waals surface area contributed by atoms with E-state index in [4.69, 9.17) is 16.3 Å². The Bertz CT molecular complexity index is 1600. The lowest BCUT2D eigenvalue weighted by atomic mass is 9.81. The normalized spacial score (nSPS) is 12.9. The van der Waals surface area contributed by atoms with Crippen LogP contribution in [0.3, 0.4) is 0 Å². The highest BCUT2D eigenvalue weighted by Crippen LogP contribution is 2.38. The van der Waals surface area contributed by atoms with Crippen LogP contribution in [0.2, 0.25) is 5.02 Å². The van der Waals surface area contributed by atoms with Crippen LogP contribution >= 0.6 is 11.6 Å². The maximum atomic E-state index is 13.8. The first-order valence-electron chi connectivity index (χ1n) is 12.2. The number of halogens is 3. The number of aliphatic hydroxyl groups is 1. The van der Waals surface area contributed by atoms with Gasteiger partial charge in [0.15, 0.2) is 0 Å². The topological polar surface area (TPSA) is 81.4 Å². The van der Waals surface area contributed by atoms with Gasteiger partial charge >= 0.3 is 0 Å². The molecule has 1 unspecified atom stereocenters. The zero-order valence-corrected chi connectivity index (χ0v) is 23.5. The number of sulfone groups is 1. The quantitative estimate of drug-likeness (QED) is 0.257. The second-order valence-corrected chi connectivity index (χ2v) is 12.2. The van der Waals surface area contributed by atoms with Crippen molar-refractivity contribution in [1.82, 2.24) is 9.55 Å². The zero-order chi connectivity index (χ0) is 28.5. The summed E-state index contributed by atoms with van der Waals surface area (Å²) in [4.78, 5) is 4.33. The van der Waals surface area contributed by atoms with Crippen molar-refractivity contribution >= 4 is 21.4 Å². The van der Waals surface area contributed by atoms with Gasteiger partial charge in [0.2, 0.25) is 15.0 Å². The standard InChI is InChI=1S/C29H29ClF2N2O4S/c1-18(35)24-12-6-20(15-26(24)38-4)29(2,3)27-17-33-28(34(27)23-10-8-21(31)9-11-23)39(36,37)14-13-19-5-7-22(32)16-25(19)30/h5-12,15-18,35H,13-14H2,1-4H3. The molecule has 0 aliphatic carbocycles. The molecule has 0 aliphatic rings. The lowest BCUT2D eigenvalue weighted by Gasteiger charge is -2.28. The SMILES string of the molecule is COc1cc(C(C)(C)c2cnc(S(=O)(=O)CCc3ccc(F)cc3Cl)n2-c2ccc(F)cc2)ccc1C(C)O. The Morgan fingerprint density at radius 3 is 2.33 bits per heavy atom. The van der Waals surface area contributed by atoms with Gasteiger partial charge in [-0.3, -0.25) is 4.57 Å². The number of hydrogen-bond acceptors (Lipinski definition) is 5. The molecule has 1 atom stereocenters. The second kappa shape index (κ2) is 11.1. The Morgan fingerprint density at radius 2 is 1.72 bits per heavy atom. The fraction of sp³-hybridized carbons (Fsp3) is 0.276. The maximum absolute atomic E-state index is 13.8. The Balaban J connectivity index is 1.82. The van der Waals surface area contributed by atoms with Crippen molar-refractivity contribution in [1.29, 1.82) is 0 Å². The van der Waals surface area contributed by atoms with Crippen LogP contribution in [0.4, 0.5) is 8.78 Å². The number of nitrogens with zero attached hydrogens (tertiary/aromatic N) is 2. The highest BCUT2D eigenvalue weighted by atomic mass is 35.5. The van der Waals surface area contributed by atoms with E-state index in [0.717, 1.165) is 11.6 Å². The van der Waals surface area contributed by atoms with E-state index in [1.807, 2.05) is 19.9 Å². The molecule has 1 heterocycles. The van der Waals surface area contributed by atoms with Crippen molar-refractivity contribution in [3.63, 3.8) is 0 Å². The molecule has 0 amide bonds. The van der Waals surface area contributed by atoms with Gasteiger partial charge in [0, 0.05) is 21.7 Å². The molecule has 0 bridgehead atoms. The molecule has 0 saturated heterocycles. The van der Waals surface area contributed by atoms with Gasteiger partial charge in [0.1, 0.15) is 17.4 Å². The predicted octanol–water partition coefficient (Wildman–Crippen LogP) is 6.21. The van der Waals surface area contributed by atoms with E-state index in [0.29, 0.717) is 28.3 Å². The van der Waals surface area contributed by atoms with E-state index in [2.05, 4.69) is 4.98 Å². The number of aryl methyl sites for hydroxylation is 1. The molecule has 4 aromatic rings. The van der Waals surface area contributed by atoms with E-state index in [-0.39, 0.29) is 22.4 Å². The summed E-state index contributed by atoms with van der Waals surface area (Å²) in [5.41, 5.74) is 2.07. The van der Waals surface area contributed by atoms with Gasteiger partial charge in [-0.05, 0) is 66.9 Å². The minimum absolute atomic E-state index is 0.0501. The minimum Gasteiger partial charge on any atom is -0.496 e. The van der Waals surface area contributed by atoms with Crippen LogP contribution < -0.4 is 4.74 Å². The van der Waals surface area contributed by atoms with Crippen LogP contribution in [-0.2, 0) is 21.7 Å². The largest absolute Gasteiger partial charge is 0.496 e. The third-order valence-electron chi connectivity index (χ3n) is 6.79. The average Bonchev–Trinajstić information content (AvgIpc) is 3.35. The van der Waals surface area contributed by atoms with Crippen LogP contribution in [0.15, 0.2) is 72.0 Å². The lowest BCUT2D eigenvalue weighted by Crippen LogP contribution is -2.25. The molecule has 206 valence electrons. The Kier molecular flexibility index (Phi) is 8.16. The number of rotatable bonds is 9. The van der Waals surface area contributed by atoms with E-state index in [1.54, 1.807) is 19.1 Å². The van der Waals surface area contributed by atoms with E-state index >= 15 is 0 Å². The number of aromatic nitrogens is 2. The Morgan fingerprint density at radius 1 is 1.05 bits per heavy atom. The fourth-order valence-corrected chi connectivity index (χ4v) is 6.12. The number of benzene rings is 3. The van der Waals surface area contributed by atoms with Gasteiger partial charge in [0.25, 0.3) is 0 Å². The molecule has 0 saturated carbocycles. The van der Waals surface area contributed by atoms with Crippen molar-refractivity contribution in [2.45, 2.75) is 43.9 Å². The Labute approximate surface area is 231 Å². The Hall–Kier alpha value is -3.27. The summed E-state index contributed by atoms with van der Waals surface area (Å²) in [7, 11) is -2.47. The highest BCUT2D eigenvalue weighted by Gasteiger charge is 2.33. The van der Waals surface area contributed by atoms with E-state index < -0.39 is 33.0 Å². The van der Waals surface area contributed by atoms with Crippen molar-refractivity contribution in [3.8, 4) is 11.4 Å². The number of imidazole rings is 1. The van der Waals surface area contributed by atoms with E-state index in [1.165, 1.54) is 54.3 Å². The molecule has 4 rings (SSSR count). The fourth-order valence-electron chi connectivity index (χ4n) is 4.49. The van der Waals surface area contributed by atoms with Gasteiger partial charge in [-0.15, -0.1) is 0 Å². The summed E-state index contributed by atoms with van der Waals surface area (Å²) < 4.78 is 61.5. The van der Waals surface area contributed by atoms with Crippen LogP contribution in [0, 0.1) is 11.6 Å². The minimum atomic E-state index is -3.98. The van der Waals surface area contributed by atoms with Gasteiger partial charge in [-0.2, -0.15) is 0 Å². The average molecular weight is 575 g/mol. The van der Waals surface area contributed by atoms with Crippen LogP contribution in [0.1, 0.15) is 49.3 Å². The van der Waals surface area contributed by atoms with Gasteiger partial charge in [0.05, 0.1) is 30.9 Å². The smallest absolute Gasteiger partial charge is 0.232 e. The number of methoxy groups -OCH3 is 1. The zero-order valence-electron chi connectivity index (χ0n) is 22.0. The summed E-state index contributed by atoms with van der Waals surface area (Å²) in [6.45, 7) is 5.47. The first kappa shape index (κ1) is 28.7. The molecule has 39 heavy (non-hydrogen) atoms. The number of hydrogen-bond donors (Lipinski definition) is 1. The van der Waals surface area contributed by atoms with E-state index in [9.17, 15) is 22.3 Å². The summed E-state index contributed by atoms with van der Waals surface area (Å²) in [5.74, 6) is -0.808. The molecule has 6 nitrogen and oxygen atoms in total. The first-order chi connectivity index (χ1) is 18.3. The third-order valence-corrected chi connectivity index (χ3v) is 8.73. The third kappa shape index (κ3) is 5.85. The van der Waals surface area contributed by atoms with Crippen LogP contribution in [0.5, 0.6) is 5.75 Å². The first-order valence-corrected chi connectivity index (χ1v) is 14.3. The predicted molar refractivity (Wildman–Crippen MR) is 146 cm³/mol. The van der Waals surface area contributed by atoms with Gasteiger partial charge in [-0.1, -0.05) is 43.6 Å². The summed E-state index contributed by atoms with van der Waals surface area (Å²) in [5, 5.41) is 10.0. The second-order valence-electron chi connectivity index (χ2n) is 9.80. The summed E-state index contributed by atoms with van der Waals surface area (Å²) in [6.07, 6.45) is 0.804. The molecular formula is C29H29ClF2N2O4S. The van der Waals surface area contributed by atoms with Crippen molar-refractivity contribution in [3.05, 3.63) is 106 Å². The molecule has 3 aromatic carbocycles. The van der Waals surface area contributed by atoms with Crippen molar-refractivity contribution < 1.29 is 27.0 Å². The van der Waals surface area contributed by atoms with Gasteiger partial charge < -0.3 is 9.84 Å². The maximum Gasteiger partial charge on any atom is 0.232 e. The highest BCUT2D eigenvalue weighted by molar-refractivity contribution is 7.91. The lowest BCUT2D eigenvalue weighted by molar-refractivity contribution is 0.194. The molecule has 0 aliphatic heterocycles. The van der Waals surface area contributed by atoms with Crippen LogP contribution in [-0.4, -0.2) is 35.9 Å². The van der Waals surface area contributed by atoms with Gasteiger partial charge in [-0.25, -0.2) is 22.2 Å². The molecule has 1 aromatic heterocycles. The van der Waals surface area contributed by atoms with Crippen molar-refractivity contribution in [2.24, 2.45) is 0 Å². The molecule has 10 heteroatoms. The molecule has 0 radical (unpaired) electrons. The summed E-state index contributed by atoms with van der Waals surface area (Å²) >= 11 is 6.12.